The van der Waals surface area contributed by atoms with Crippen LogP contribution in [0.3, 0.4) is 0 Å². The Morgan fingerprint density at radius 1 is 1.50 bits per heavy atom. The van der Waals surface area contributed by atoms with E-state index in [4.69, 9.17) is 23.2 Å². The Labute approximate surface area is 60.6 Å². The predicted octanol–water partition coefficient (Wildman–Crippen LogP) is 1.39. The maximum absolute atomic E-state index is 5.69. The van der Waals surface area contributed by atoms with Gasteiger partial charge in [0.05, 0.1) is 5.38 Å². The van der Waals surface area contributed by atoms with Crippen LogP contribution in [-0.2, 0) is 0 Å². The first kappa shape index (κ1) is 8.54. The van der Waals surface area contributed by atoms with E-state index in [1.165, 1.54) is 0 Å². The third kappa shape index (κ3) is 4.69. The molecule has 0 aromatic heterocycles. The maximum atomic E-state index is 5.69. The summed E-state index contributed by atoms with van der Waals surface area (Å²) in [5.41, 5.74) is 0. The summed E-state index contributed by atoms with van der Waals surface area (Å²) < 4.78 is 0. The van der Waals surface area contributed by atoms with Crippen molar-refractivity contribution in [2.75, 3.05) is 26.5 Å². The highest BCUT2D eigenvalue weighted by molar-refractivity contribution is 6.28. The Kier molecular flexibility index (Phi) is 4.72. The van der Waals surface area contributed by atoms with Crippen molar-refractivity contribution in [1.82, 2.24) is 4.90 Å². The largest absolute Gasteiger partial charge is 0.308 e. The Morgan fingerprint density at radius 2 is 2.00 bits per heavy atom. The molecule has 1 atom stereocenters. The summed E-state index contributed by atoms with van der Waals surface area (Å²) in [4.78, 5) is 2.01. The molecule has 0 spiro atoms. The average molecular weight is 156 g/mol. The quantitative estimate of drug-likeness (QED) is 0.558. The molecule has 50 valence electrons. The Balaban J connectivity index is 3.10. The lowest BCUT2D eigenvalue weighted by Crippen LogP contribution is -2.22. The van der Waals surface area contributed by atoms with Crippen LogP contribution in [0.5, 0.6) is 0 Å². The van der Waals surface area contributed by atoms with Crippen LogP contribution in [0, 0.1) is 0 Å². The minimum Gasteiger partial charge on any atom is -0.308 e. The minimum atomic E-state index is 0.0895. The first-order valence-corrected chi connectivity index (χ1v) is 3.48. The Morgan fingerprint density at radius 3 is 2.12 bits per heavy atom. The van der Waals surface area contributed by atoms with Gasteiger partial charge >= 0.3 is 0 Å². The molecule has 0 heterocycles. The fourth-order valence-corrected chi connectivity index (χ4v) is 0.819. The smallest absolute Gasteiger partial charge is 0.0598 e. The van der Waals surface area contributed by atoms with Gasteiger partial charge in [-0.3, -0.25) is 0 Å². The van der Waals surface area contributed by atoms with Gasteiger partial charge in [0.2, 0.25) is 0 Å². The highest BCUT2D eigenvalue weighted by Gasteiger charge is 2.01. The number of hydrogen-bond donors (Lipinski definition) is 0. The second-order valence-electron chi connectivity index (χ2n) is 2.01. The van der Waals surface area contributed by atoms with E-state index in [1.54, 1.807) is 0 Å². The van der Waals surface area contributed by atoms with Gasteiger partial charge in [0, 0.05) is 12.4 Å². The van der Waals surface area contributed by atoms with Crippen molar-refractivity contribution < 1.29 is 0 Å². The van der Waals surface area contributed by atoms with Crippen molar-refractivity contribution in [3.8, 4) is 0 Å². The van der Waals surface area contributed by atoms with Crippen LogP contribution in [0.15, 0.2) is 0 Å². The zero-order valence-electron chi connectivity index (χ0n) is 5.19. The first-order chi connectivity index (χ1) is 3.66. The number of halogens is 2. The lowest BCUT2D eigenvalue weighted by molar-refractivity contribution is 0.412. The second-order valence-corrected chi connectivity index (χ2v) is 2.94. The van der Waals surface area contributed by atoms with Crippen LogP contribution in [0.25, 0.3) is 0 Å². The molecule has 0 fully saturated rings. The van der Waals surface area contributed by atoms with Crippen molar-refractivity contribution in [2.24, 2.45) is 0 Å². The molecule has 0 amide bonds. The van der Waals surface area contributed by atoms with Gasteiger partial charge in [-0.2, -0.15) is 0 Å². The Bertz CT molecular complexity index is 56.4. The fraction of sp³-hybridized carbons (Fsp3) is 1.00. The van der Waals surface area contributed by atoms with E-state index in [0.29, 0.717) is 5.88 Å². The molecule has 0 aliphatic rings. The monoisotopic (exact) mass is 155 g/mol. The molecule has 0 N–H and O–H groups in total. The third-order valence-corrected chi connectivity index (χ3v) is 1.55. The van der Waals surface area contributed by atoms with Gasteiger partial charge in [0.25, 0.3) is 0 Å². The van der Waals surface area contributed by atoms with Gasteiger partial charge in [0.1, 0.15) is 0 Å². The molecule has 0 unspecified atom stereocenters. The summed E-state index contributed by atoms with van der Waals surface area (Å²) in [5, 5.41) is 0.0895. The highest BCUT2D eigenvalue weighted by Crippen LogP contribution is 1.98. The van der Waals surface area contributed by atoms with E-state index >= 15 is 0 Å². The van der Waals surface area contributed by atoms with Crippen LogP contribution < -0.4 is 0 Å². The summed E-state index contributed by atoms with van der Waals surface area (Å²) >= 11 is 11.1. The van der Waals surface area contributed by atoms with E-state index in [-0.39, 0.29) is 5.38 Å². The average Bonchev–Trinajstić information content (AvgIpc) is 1.65. The summed E-state index contributed by atoms with van der Waals surface area (Å²) in [6.07, 6.45) is 0. The van der Waals surface area contributed by atoms with Gasteiger partial charge in [-0.05, 0) is 14.1 Å². The van der Waals surface area contributed by atoms with Gasteiger partial charge in [0.15, 0.2) is 0 Å². The molecule has 1 nitrogen and oxygen atoms in total. The molecule has 3 heteroatoms. The number of nitrogens with zero attached hydrogens (tertiary/aromatic N) is 1. The molecule has 0 saturated carbocycles. The zero-order chi connectivity index (χ0) is 6.57. The molecule has 0 radical (unpaired) electrons. The van der Waals surface area contributed by atoms with E-state index < -0.39 is 0 Å². The summed E-state index contributed by atoms with van der Waals surface area (Å²) in [5.74, 6) is 0.528. The number of alkyl halides is 2. The van der Waals surface area contributed by atoms with Crippen molar-refractivity contribution in [3.63, 3.8) is 0 Å². The van der Waals surface area contributed by atoms with Crippen LogP contribution >= 0.6 is 23.2 Å². The van der Waals surface area contributed by atoms with Crippen LogP contribution in [-0.4, -0.2) is 36.8 Å². The van der Waals surface area contributed by atoms with E-state index in [2.05, 4.69) is 0 Å². The van der Waals surface area contributed by atoms with Gasteiger partial charge in [-0.1, -0.05) is 0 Å². The molecule has 0 aliphatic carbocycles. The van der Waals surface area contributed by atoms with Crippen molar-refractivity contribution in [2.45, 2.75) is 5.38 Å². The molecule has 0 aliphatic heterocycles. The molecule has 0 bridgehead atoms. The first-order valence-electron chi connectivity index (χ1n) is 2.51. The van der Waals surface area contributed by atoms with Crippen LogP contribution in [0.2, 0.25) is 0 Å². The SMILES string of the molecule is CN(C)C[C@@H](Cl)CCl. The summed E-state index contributed by atoms with van der Waals surface area (Å²) in [7, 11) is 3.95. The number of hydrogen-bond acceptors (Lipinski definition) is 1. The van der Waals surface area contributed by atoms with Crippen LogP contribution in [0.1, 0.15) is 0 Å². The lowest BCUT2D eigenvalue weighted by atomic mass is 10.4. The maximum Gasteiger partial charge on any atom is 0.0598 e. The zero-order valence-corrected chi connectivity index (χ0v) is 6.71. The normalized spacial score (nSPS) is 14.6. The molecular weight excluding hydrogens is 145 g/mol. The summed E-state index contributed by atoms with van der Waals surface area (Å²) in [6.45, 7) is 0.852. The molecule has 0 aromatic carbocycles. The second kappa shape index (κ2) is 4.42. The topological polar surface area (TPSA) is 3.24 Å². The highest BCUT2D eigenvalue weighted by atomic mass is 35.5. The van der Waals surface area contributed by atoms with Gasteiger partial charge < -0.3 is 4.90 Å². The van der Waals surface area contributed by atoms with Crippen molar-refractivity contribution in [3.05, 3.63) is 0 Å². The van der Waals surface area contributed by atoms with E-state index in [9.17, 15) is 0 Å². The van der Waals surface area contributed by atoms with Crippen LogP contribution in [0.4, 0.5) is 0 Å². The Hall–Kier alpha value is 0.540. The third-order valence-electron chi connectivity index (χ3n) is 0.731. The molecule has 0 aromatic rings. The molecule has 8 heavy (non-hydrogen) atoms. The van der Waals surface area contributed by atoms with Gasteiger partial charge in [-0.15, -0.1) is 23.2 Å². The molecular formula is C5H11Cl2N. The standard InChI is InChI=1S/C5H11Cl2N/c1-8(2)4-5(7)3-6/h5H,3-4H2,1-2H3/t5-/m0/s1. The van der Waals surface area contributed by atoms with Crippen molar-refractivity contribution >= 4 is 23.2 Å². The number of rotatable bonds is 3. The van der Waals surface area contributed by atoms with Crippen molar-refractivity contribution in [1.29, 1.82) is 0 Å². The molecule has 0 saturated heterocycles. The predicted molar refractivity (Wildman–Crippen MR) is 38.9 cm³/mol. The van der Waals surface area contributed by atoms with E-state index in [1.807, 2.05) is 19.0 Å². The minimum absolute atomic E-state index is 0.0895. The van der Waals surface area contributed by atoms with Gasteiger partial charge in [-0.25, -0.2) is 0 Å². The van der Waals surface area contributed by atoms with E-state index in [0.717, 1.165) is 6.54 Å². The summed E-state index contributed by atoms with van der Waals surface area (Å²) in [6, 6.07) is 0. The fourth-order valence-electron chi connectivity index (χ4n) is 0.445. The molecule has 0 rings (SSSR count). The lowest BCUT2D eigenvalue weighted by Gasteiger charge is -2.11.